The van der Waals surface area contributed by atoms with Crippen LogP contribution in [0.5, 0.6) is 23.0 Å². The quantitative estimate of drug-likeness (QED) is 0.0869. The number of hydrogen-bond donors (Lipinski definition) is 12. The molecule has 55 heavy (non-hydrogen) atoms. The number of rotatable bonds is 11. The second-order valence-electron chi connectivity index (χ2n) is 13.1. The summed E-state index contributed by atoms with van der Waals surface area (Å²) in [5.41, 5.74) is -1.04. The first-order chi connectivity index (χ1) is 26.2. The summed E-state index contributed by atoms with van der Waals surface area (Å²) in [5.74, 6) is -1.38. The number of fused-ring (bicyclic) bond motifs is 1. The van der Waals surface area contributed by atoms with E-state index in [1.165, 1.54) is 37.4 Å². The van der Waals surface area contributed by atoms with Crippen LogP contribution in [0, 0.1) is 0 Å². The fourth-order valence-corrected chi connectivity index (χ4v) is 6.43. The number of ether oxygens (including phenoxy) is 7. The van der Waals surface area contributed by atoms with Gasteiger partial charge in [-0.15, -0.1) is 0 Å². The van der Waals surface area contributed by atoms with E-state index < -0.39 is 129 Å². The molecule has 0 radical (unpaired) electrons. The van der Waals surface area contributed by atoms with Crippen LogP contribution in [0.3, 0.4) is 0 Å². The monoisotopic (exact) mass is 786 g/mol. The van der Waals surface area contributed by atoms with Crippen molar-refractivity contribution < 1.29 is 98.9 Å². The molecule has 12 N–H and O–H groups in total. The van der Waals surface area contributed by atoms with Crippen molar-refractivity contribution in [3.05, 3.63) is 46.6 Å². The molecule has 0 unspecified atom stereocenters. The Kier molecular flexibility index (Phi) is 12.5. The van der Waals surface area contributed by atoms with Gasteiger partial charge in [0.1, 0.15) is 101 Å². The highest BCUT2D eigenvalue weighted by molar-refractivity contribution is 5.88. The number of phenolic OH excluding ortho intramolecular Hbond substituents is 1. The van der Waals surface area contributed by atoms with E-state index >= 15 is 0 Å². The summed E-state index contributed by atoms with van der Waals surface area (Å²) in [6, 6.07) is 7.85. The van der Waals surface area contributed by atoms with Gasteiger partial charge in [-0.25, -0.2) is 0 Å². The van der Waals surface area contributed by atoms with Gasteiger partial charge >= 0.3 is 0 Å². The molecule has 3 aliphatic heterocycles. The Bertz CT molecular complexity index is 1810. The zero-order valence-corrected chi connectivity index (χ0v) is 28.8. The van der Waals surface area contributed by atoms with Gasteiger partial charge in [0.25, 0.3) is 0 Å². The molecule has 15 atom stereocenters. The summed E-state index contributed by atoms with van der Waals surface area (Å²) in [7, 11) is 1.31. The molecule has 0 saturated carbocycles. The first kappa shape index (κ1) is 40.9. The van der Waals surface area contributed by atoms with E-state index in [1.54, 1.807) is 0 Å². The fraction of sp³-hybridized carbons (Fsp3) is 0.559. The molecule has 304 valence electrons. The van der Waals surface area contributed by atoms with Gasteiger partial charge in [0.2, 0.25) is 23.8 Å². The van der Waals surface area contributed by atoms with Crippen molar-refractivity contribution >= 4 is 11.0 Å². The van der Waals surface area contributed by atoms with E-state index in [9.17, 15) is 66.1 Å². The zero-order chi connectivity index (χ0) is 39.9. The third-order valence-corrected chi connectivity index (χ3v) is 9.55. The average molecular weight is 787 g/mol. The Labute approximate surface area is 309 Å². The lowest BCUT2D eigenvalue weighted by Gasteiger charge is -2.45. The van der Waals surface area contributed by atoms with Crippen LogP contribution in [0.15, 0.2) is 45.6 Å². The van der Waals surface area contributed by atoms with E-state index in [2.05, 4.69) is 0 Å². The largest absolute Gasteiger partial charge is 0.507 e. The molecule has 0 aliphatic carbocycles. The van der Waals surface area contributed by atoms with E-state index in [-0.39, 0.29) is 33.8 Å². The van der Waals surface area contributed by atoms with Crippen LogP contribution >= 0.6 is 0 Å². The average Bonchev–Trinajstić information content (AvgIpc) is 3.18. The molecule has 0 bridgehead atoms. The van der Waals surface area contributed by atoms with Crippen molar-refractivity contribution in [3.63, 3.8) is 0 Å². The Morgan fingerprint density at radius 1 is 0.618 bits per heavy atom. The normalized spacial score (nSPS) is 36.8. The van der Waals surface area contributed by atoms with E-state index in [1.807, 2.05) is 0 Å². The lowest BCUT2D eigenvalue weighted by molar-refractivity contribution is -0.352. The number of benzene rings is 2. The second kappa shape index (κ2) is 16.8. The smallest absolute Gasteiger partial charge is 0.239 e. The number of aromatic hydroxyl groups is 1. The van der Waals surface area contributed by atoms with Gasteiger partial charge in [-0.1, -0.05) is 0 Å². The summed E-state index contributed by atoms with van der Waals surface area (Å²) in [6.07, 6.45) is -25.6. The van der Waals surface area contributed by atoms with Crippen molar-refractivity contribution in [2.24, 2.45) is 0 Å². The molecule has 3 aliphatic rings. The Morgan fingerprint density at radius 2 is 1.15 bits per heavy atom. The maximum Gasteiger partial charge on any atom is 0.239 e. The van der Waals surface area contributed by atoms with Gasteiger partial charge in [-0.05, 0) is 24.3 Å². The molecular formula is C34H42O21. The lowest BCUT2D eigenvalue weighted by atomic mass is 9.97. The topological polar surface area (TPSA) is 338 Å². The van der Waals surface area contributed by atoms with Crippen molar-refractivity contribution in [1.29, 1.82) is 0 Å². The molecule has 3 saturated heterocycles. The predicted molar refractivity (Wildman–Crippen MR) is 178 cm³/mol. The third kappa shape index (κ3) is 7.83. The van der Waals surface area contributed by atoms with Gasteiger partial charge in [-0.2, -0.15) is 0 Å². The molecule has 6 rings (SSSR count). The number of phenols is 1. The summed E-state index contributed by atoms with van der Waals surface area (Å²) in [5, 5.41) is 123. The molecule has 0 spiro atoms. The maximum absolute atomic E-state index is 14.0. The van der Waals surface area contributed by atoms with Crippen LogP contribution < -0.4 is 19.6 Å². The van der Waals surface area contributed by atoms with Crippen molar-refractivity contribution in [3.8, 4) is 34.3 Å². The zero-order valence-electron chi connectivity index (χ0n) is 28.8. The number of hydrogen-bond acceptors (Lipinski definition) is 21. The molecule has 3 fully saturated rings. The van der Waals surface area contributed by atoms with Gasteiger partial charge in [0.15, 0.2) is 12.1 Å². The fourth-order valence-electron chi connectivity index (χ4n) is 6.43. The predicted octanol–water partition coefficient (Wildman–Crippen LogP) is -4.64. The Morgan fingerprint density at radius 3 is 1.73 bits per heavy atom. The molecule has 4 heterocycles. The molecular weight excluding hydrogens is 744 g/mol. The number of methoxy groups -OCH3 is 1. The van der Waals surface area contributed by atoms with Crippen LogP contribution in [-0.2, 0) is 18.9 Å². The summed E-state index contributed by atoms with van der Waals surface area (Å²) in [6.45, 7) is -2.37. The minimum absolute atomic E-state index is 0.0448. The molecule has 21 nitrogen and oxygen atoms in total. The molecule has 3 aromatic rings. The standard InChI is InChI=1S/C34H42O21/c1-48-13-6-14(38)19-15(7-13)50-29(11-2-4-12(5-3-11)49-32-26(45)23(42)20(39)16(8-35)51-32)31(22(19)41)55-34-28(47)25(44)30(18(10-37)53-34)54-33-27(46)24(43)21(40)17(9-36)52-33/h2-7,16-18,20-21,23-28,30,32-40,42-47H,8-10H2,1H3/t16-,17-,18-,20-,21-,23+,24+,25-,26-,27-,28-,30-,32-,33+,34+/m1/s1. The highest BCUT2D eigenvalue weighted by Crippen LogP contribution is 2.39. The van der Waals surface area contributed by atoms with Gasteiger partial charge < -0.3 is 98.9 Å². The highest BCUT2D eigenvalue weighted by Gasteiger charge is 2.51. The van der Waals surface area contributed by atoms with E-state index in [0.29, 0.717) is 0 Å². The maximum atomic E-state index is 14.0. The Balaban J connectivity index is 1.30. The van der Waals surface area contributed by atoms with Gasteiger partial charge in [0, 0.05) is 17.7 Å². The summed E-state index contributed by atoms with van der Waals surface area (Å²) < 4.78 is 44.7. The molecule has 0 amide bonds. The van der Waals surface area contributed by atoms with E-state index in [0.717, 1.165) is 6.07 Å². The third-order valence-electron chi connectivity index (χ3n) is 9.55. The summed E-state index contributed by atoms with van der Waals surface area (Å²) in [4.78, 5) is 14.0. The lowest BCUT2D eigenvalue weighted by Crippen LogP contribution is -2.65. The molecule has 2 aromatic carbocycles. The van der Waals surface area contributed by atoms with Crippen LogP contribution in [0.4, 0.5) is 0 Å². The van der Waals surface area contributed by atoms with E-state index in [4.69, 9.17) is 37.6 Å². The highest BCUT2D eigenvalue weighted by atomic mass is 16.7. The Hall–Kier alpha value is -3.75. The van der Waals surface area contributed by atoms with Crippen LogP contribution in [0.1, 0.15) is 0 Å². The first-order valence-corrected chi connectivity index (χ1v) is 16.9. The van der Waals surface area contributed by atoms with Crippen LogP contribution in [0.2, 0.25) is 0 Å². The molecule has 1 aromatic heterocycles. The van der Waals surface area contributed by atoms with Crippen LogP contribution in [-0.4, -0.2) is 180 Å². The number of aliphatic hydroxyl groups excluding tert-OH is 11. The van der Waals surface area contributed by atoms with Crippen molar-refractivity contribution in [1.82, 2.24) is 0 Å². The van der Waals surface area contributed by atoms with Gasteiger partial charge in [-0.3, -0.25) is 4.79 Å². The van der Waals surface area contributed by atoms with Crippen molar-refractivity contribution in [2.75, 3.05) is 26.9 Å². The summed E-state index contributed by atoms with van der Waals surface area (Å²) >= 11 is 0. The second-order valence-corrected chi connectivity index (χ2v) is 13.1. The number of aliphatic hydroxyl groups is 11. The minimum atomic E-state index is -2.06. The van der Waals surface area contributed by atoms with Crippen molar-refractivity contribution in [2.45, 2.75) is 92.1 Å². The minimum Gasteiger partial charge on any atom is -0.507 e. The first-order valence-electron chi connectivity index (χ1n) is 16.9. The molecule has 21 heteroatoms. The van der Waals surface area contributed by atoms with Gasteiger partial charge in [0.05, 0.1) is 26.9 Å². The van der Waals surface area contributed by atoms with Crippen LogP contribution in [0.25, 0.3) is 22.3 Å². The SMILES string of the molecule is COc1cc(O)c2c(=O)c(O[C@@H]3O[C@H](CO)[C@@H](O[C@@H]4O[C@H](CO)[C@@H](O)[C@H](O)[C@H]4O)[C@H](O)[C@H]3O)c(-c3ccc(O[C@@H]4O[C@H](CO)[C@@H](O)[C@H](O)[C@H]4O)cc3)oc2c1.